The van der Waals surface area contributed by atoms with E-state index in [1.807, 2.05) is 0 Å². The van der Waals surface area contributed by atoms with Gasteiger partial charge in [0.25, 0.3) is 0 Å². The molecule has 1 aromatic rings. The molecule has 0 saturated carbocycles. The lowest BCUT2D eigenvalue weighted by Crippen LogP contribution is -2.31. The van der Waals surface area contributed by atoms with Crippen LogP contribution in [0.2, 0.25) is 0 Å². The smallest absolute Gasteiger partial charge is 0.337 e. The van der Waals surface area contributed by atoms with Gasteiger partial charge in [-0.2, -0.15) is 24.9 Å². The number of hydrogen-bond donors (Lipinski definition) is 2. The molecule has 20 heavy (non-hydrogen) atoms. The zero-order valence-corrected chi connectivity index (χ0v) is 11.4. The molecule has 0 aliphatic heterocycles. The number of anilines is 1. The van der Waals surface area contributed by atoms with E-state index in [2.05, 4.69) is 22.2 Å². The van der Waals surface area contributed by atoms with E-state index in [4.69, 9.17) is 0 Å². The predicted octanol–water partition coefficient (Wildman–Crippen LogP) is 3.14. The number of urea groups is 1. The first-order valence-electron chi connectivity index (χ1n) is 5.70. The van der Waals surface area contributed by atoms with E-state index >= 15 is 0 Å². The van der Waals surface area contributed by atoms with Crippen molar-refractivity contribution >= 4 is 23.6 Å². The van der Waals surface area contributed by atoms with Crippen molar-refractivity contribution in [2.75, 3.05) is 23.4 Å². The fraction of sp³-hybridized carbons (Fsp3) is 0.333. The Morgan fingerprint density at radius 3 is 2.90 bits per heavy atom. The van der Waals surface area contributed by atoms with Crippen LogP contribution < -0.4 is 10.6 Å². The molecular formula is C12H14F3N3OS. The molecule has 1 rings (SSSR count). The summed E-state index contributed by atoms with van der Waals surface area (Å²) in [6, 6.07) is 1.04. The summed E-state index contributed by atoms with van der Waals surface area (Å²) in [7, 11) is 0. The fourth-order valence-electron chi connectivity index (χ4n) is 1.24. The van der Waals surface area contributed by atoms with E-state index in [9.17, 15) is 18.0 Å². The maximum absolute atomic E-state index is 12.5. The number of rotatable bonds is 6. The number of pyridine rings is 1. The molecular weight excluding hydrogens is 291 g/mol. The van der Waals surface area contributed by atoms with Crippen molar-refractivity contribution in [1.82, 2.24) is 10.3 Å². The lowest BCUT2D eigenvalue weighted by molar-refractivity contribution is -0.137. The van der Waals surface area contributed by atoms with Gasteiger partial charge in [-0.1, -0.05) is 6.08 Å². The van der Waals surface area contributed by atoms with Crippen LogP contribution >= 0.6 is 11.8 Å². The molecule has 0 atom stereocenters. The topological polar surface area (TPSA) is 54.0 Å². The third kappa shape index (κ3) is 5.96. The molecule has 0 saturated heterocycles. The van der Waals surface area contributed by atoms with Crippen LogP contribution in [-0.4, -0.2) is 29.1 Å². The lowest BCUT2D eigenvalue weighted by Gasteiger charge is -2.09. The first-order valence-corrected chi connectivity index (χ1v) is 6.85. The zero-order valence-electron chi connectivity index (χ0n) is 10.5. The van der Waals surface area contributed by atoms with Crippen molar-refractivity contribution in [3.05, 3.63) is 36.5 Å². The molecule has 0 aliphatic carbocycles. The van der Waals surface area contributed by atoms with Gasteiger partial charge in [0.2, 0.25) is 0 Å². The normalized spacial score (nSPS) is 10.9. The SMILES string of the molecule is C=CCSCCNC(=O)Nc1cc(C(F)(F)F)ccn1. The van der Waals surface area contributed by atoms with Crippen LogP contribution in [0.25, 0.3) is 0 Å². The van der Waals surface area contributed by atoms with Crippen LogP contribution in [0.4, 0.5) is 23.8 Å². The second-order valence-corrected chi connectivity index (χ2v) is 4.82. The summed E-state index contributed by atoms with van der Waals surface area (Å²) in [6.07, 6.45) is -1.72. The standard InChI is InChI=1S/C12H14F3N3OS/c1-2-6-20-7-5-17-11(19)18-10-8-9(3-4-16-10)12(13,14)15/h2-4,8H,1,5-7H2,(H2,16,17,18,19). The summed E-state index contributed by atoms with van der Waals surface area (Å²) >= 11 is 1.58. The van der Waals surface area contributed by atoms with Gasteiger partial charge >= 0.3 is 12.2 Å². The summed E-state index contributed by atoms with van der Waals surface area (Å²) in [5.74, 6) is 1.32. The summed E-state index contributed by atoms with van der Waals surface area (Å²) < 4.78 is 37.4. The van der Waals surface area contributed by atoms with E-state index in [1.165, 1.54) is 0 Å². The van der Waals surface area contributed by atoms with E-state index < -0.39 is 17.8 Å². The highest BCUT2D eigenvalue weighted by Crippen LogP contribution is 2.29. The van der Waals surface area contributed by atoms with Crippen molar-refractivity contribution in [2.45, 2.75) is 6.18 Å². The van der Waals surface area contributed by atoms with Crippen molar-refractivity contribution in [3.8, 4) is 0 Å². The van der Waals surface area contributed by atoms with Crippen LogP contribution in [0.5, 0.6) is 0 Å². The molecule has 0 bridgehead atoms. The van der Waals surface area contributed by atoms with Crippen molar-refractivity contribution in [1.29, 1.82) is 0 Å². The highest BCUT2D eigenvalue weighted by molar-refractivity contribution is 7.99. The van der Waals surface area contributed by atoms with Crippen molar-refractivity contribution in [3.63, 3.8) is 0 Å². The second kappa shape index (κ2) is 7.78. The Morgan fingerprint density at radius 1 is 1.50 bits per heavy atom. The summed E-state index contributed by atoms with van der Waals surface area (Å²) in [6.45, 7) is 3.96. The van der Waals surface area contributed by atoms with Gasteiger partial charge in [0, 0.05) is 24.2 Å². The third-order valence-electron chi connectivity index (χ3n) is 2.10. The maximum atomic E-state index is 12.5. The summed E-state index contributed by atoms with van der Waals surface area (Å²) in [5, 5.41) is 4.78. The molecule has 0 unspecified atom stereocenters. The van der Waals surface area contributed by atoms with Gasteiger partial charge in [-0.3, -0.25) is 5.32 Å². The molecule has 1 aromatic heterocycles. The van der Waals surface area contributed by atoms with Gasteiger partial charge in [-0.05, 0) is 12.1 Å². The molecule has 2 amide bonds. The average Bonchev–Trinajstić information content (AvgIpc) is 2.38. The third-order valence-corrected chi connectivity index (χ3v) is 3.06. The number of halogens is 3. The Bertz CT molecular complexity index is 466. The highest BCUT2D eigenvalue weighted by atomic mass is 32.2. The largest absolute Gasteiger partial charge is 0.416 e. The fourth-order valence-corrected chi connectivity index (χ4v) is 1.82. The van der Waals surface area contributed by atoms with Crippen LogP contribution in [-0.2, 0) is 6.18 Å². The molecule has 4 nitrogen and oxygen atoms in total. The number of thioether (sulfide) groups is 1. The van der Waals surface area contributed by atoms with E-state index in [1.54, 1.807) is 17.8 Å². The number of nitrogens with zero attached hydrogens (tertiary/aromatic N) is 1. The summed E-state index contributed by atoms with van der Waals surface area (Å²) in [5.41, 5.74) is -0.857. The van der Waals surface area contributed by atoms with E-state index in [0.29, 0.717) is 12.3 Å². The predicted molar refractivity (Wildman–Crippen MR) is 73.8 cm³/mol. The lowest BCUT2D eigenvalue weighted by atomic mass is 10.2. The zero-order chi connectivity index (χ0) is 15.0. The Balaban J connectivity index is 2.44. The molecule has 0 aliphatic rings. The first-order chi connectivity index (χ1) is 9.43. The Labute approximate surface area is 118 Å². The van der Waals surface area contributed by atoms with Crippen LogP contribution in [0, 0.1) is 0 Å². The van der Waals surface area contributed by atoms with Crippen LogP contribution in [0.1, 0.15) is 5.56 Å². The Kier molecular flexibility index (Phi) is 6.37. The number of nitrogens with one attached hydrogen (secondary N) is 2. The molecule has 2 N–H and O–H groups in total. The molecule has 8 heteroatoms. The van der Waals surface area contributed by atoms with Crippen molar-refractivity contribution < 1.29 is 18.0 Å². The Morgan fingerprint density at radius 2 is 2.25 bits per heavy atom. The van der Waals surface area contributed by atoms with Gasteiger partial charge in [-0.25, -0.2) is 9.78 Å². The first kappa shape index (κ1) is 16.4. The van der Waals surface area contributed by atoms with Crippen LogP contribution in [0.15, 0.2) is 31.0 Å². The minimum absolute atomic E-state index is 0.143. The number of aromatic nitrogens is 1. The highest BCUT2D eigenvalue weighted by Gasteiger charge is 2.30. The monoisotopic (exact) mass is 305 g/mol. The maximum Gasteiger partial charge on any atom is 0.416 e. The van der Waals surface area contributed by atoms with Crippen LogP contribution in [0.3, 0.4) is 0 Å². The molecule has 110 valence electrons. The average molecular weight is 305 g/mol. The Hall–Kier alpha value is -1.70. The number of alkyl halides is 3. The van der Waals surface area contributed by atoms with Gasteiger partial charge in [0.05, 0.1) is 5.56 Å². The second-order valence-electron chi connectivity index (χ2n) is 3.67. The van der Waals surface area contributed by atoms with Crippen molar-refractivity contribution in [2.24, 2.45) is 0 Å². The molecule has 0 radical (unpaired) electrons. The molecule has 0 spiro atoms. The summed E-state index contributed by atoms with van der Waals surface area (Å²) in [4.78, 5) is 15.1. The number of carbonyl (C=O) groups excluding carboxylic acids is 1. The quantitative estimate of drug-likeness (QED) is 0.627. The van der Waals surface area contributed by atoms with E-state index in [0.717, 1.165) is 24.1 Å². The molecule has 1 heterocycles. The van der Waals surface area contributed by atoms with Gasteiger partial charge in [0.1, 0.15) is 5.82 Å². The number of hydrogen-bond acceptors (Lipinski definition) is 3. The molecule has 0 aromatic carbocycles. The number of carbonyl (C=O) groups is 1. The molecule has 0 fully saturated rings. The van der Waals surface area contributed by atoms with Gasteiger partial charge in [0.15, 0.2) is 0 Å². The van der Waals surface area contributed by atoms with Gasteiger partial charge < -0.3 is 5.32 Å². The van der Waals surface area contributed by atoms with E-state index in [-0.39, 0.29) is 5.82 Å². The minimum atomic E-state index is -4.46. The minimum Gasteiger partial charge on any atom is -0.337 e. The number of amides is 2. The van der Waals surface area contributed by atoms with Gasteiger partial charge in [-0.15, -0.1) is 6.58 Å².